The molecule has 1 aliphatic carbocycles. The molecule has 0 atom stereocenters. The van der Waals surface area contributed by atoms with Crippen LogP contribution in [0.15, 0.2) is 12.3 Å². The molecule has 1 fully saturated rings. The molecular formula is C14H24ClN3. The molecule has 1 aromatic heterocycles. The molecule has 0 amide bonds. The first-order valence-corrected chi connectivity index (χ1v) is 7.57. The molecule has 0 spiro atoms. The topological polar surface area (TPSA) is 29.9 Å². The van der Waals surface area contributed by atoms with Crippen molar-refractivity contribution in [3.05, 3.63) is 18.0 Å². The number of nitrogens with zero attached hydrogens (tertiary/aromatic N) is 2. The summed E-state index contributed by atoms with van der Waals surface area (Å²) in [6, 6.07) is 2.65. The second-order valence-corrected chi connectivity index (χ2v) is 5.76. The lowest BCUT2D eigenvalue weighted by Gasteiger charge is -2.13. The summed E-state index contributed by atoms with van der Waals surface area (Å²) in [5, 5.41) is 8.12. The number of nitrogens with one attached hydrogen (secondary N) is 1. The molecule has 102 valence electrons. The maximum Gasteiger partial charge on any atom is 0.0762 e. The molecule has 1 N–H and O–H groups in total. The highest BCUT2D eigenvalue weighted by molar-refractivity contribution is 6.18. The van der Waals surface area contributed by atoms with Crippen molar-refractivity contribution in [2.24, 2.45) is 5.41 Å². The Labute approximate surface area is 115 Å². The van der Waals surface area contributed by atoms with Crippen LogP contribution in [0.1, 0.15) is 51.3 Å². The van der Waals surface area contributed by atoms with Crippen molar-refractivity contribution in [2.75, 3.05) is 12.4 Å². The monoisotopic (exact) mass is 269 g/mol. The van der Waals surface area contributed by atoms with E-state index in [4.69, 9.17) is 11.6 Å². The van der Waals surface area contributed by atoms with Crippen molar-refractivity contribution in [2.45, 2.75) is 52.1 Å². The average molecular weight is 270 g/mol. The smallest absolute Gasteiger partial charge is 0.0762 e. The van der Waals surface area contributed by atoms with Crippen molar-refractivity contribution in [1.29, 1.82) is 0 Å². The highest BCUT2D eigenvalue weighted by Gasteiger charge is 2.41. The fourth-order valence-corrected chi connectivity index (χ4v) is 2.69. The Kier molecular flexibility index (Phi) is 4.68. The Morgan fingerprint density at radius 1 is 1.44 bits per heavy atom. The molecule has 0 aliphatic heterocycles. The quantitative estimate of drug-likeness (QED) is 0.734. The van der Waals surface area contributed by atoms with Crippen molar-refractivity contribution in [3.8, 4) is 0 Å². The van der Waals surface area contributed by atoms with Crippen molar-refractivity contribution in [1.82, 2.24) is 15.1 Å². The predicted octanol–water partition coefficient (Wildman–Crippen LogP) is 3.35. The van der Waals surface area contributed by atoms with Crippen LogP contribution in [-0.2, 0) is 6.54 Å². The molecule has 0 aromatic carbocycles. The minimum absolute atomic E-state index is 0.388. The van der Waals surface area contributed by atoms with Gasteiger partial charge >= 0.3 is 0 Å². The zero-order valence-electron chi connectivity index (χ0n) is 11.5. The normalized spacial score (nSPS) is 17.3. The Morgan fingerprint density at radius 2 is 2.17 bits per heavy atom. The van der Waals surface area contributed by atoms with E-state index in [1.807, 2.05) is 0 Å². The lowest BCUT2D eigenvalue weighted by molar-refractivity contribution is 0.422. The van der Waals surface area contributed by atoms with Crippen LogP contribution >= 0.6 is 11.6 Å². The largest absolute Gasteiger partial charge is 0.311 e. The molecule has 3 nitrogen and oxygen atoms in total. The van der Waals surface area contributed by atoms with E-state index in [-0.39, 0.29) is 0 Å². The van der Waals surface area contributed by atoms with Gasteiger partial charge in [0.1, 0.15) is 0 Å². The Bertz CT molecular complexity index is 367. The zero-order chi connectivity index (χ0) is 13.0. The minimum Gasteiger partial charge on any atom is -0.311 e. The van der Waals surface area contributed by atoms with Gasteiger partial charge in [-0.05, 0) is 37.2 Å². The summed E-state index contributed by atoms with van der Waals surface area (Å²) >= 11 is 5.96. The van der Waals surface area contributed by atoms with E-state index in [0.29, 0.717) is 11.5 Å². The van der Waals surface area contributed by atoms with Crippen LogP contribution in [0.2, 0.25) is 0 Å². The standard InChI is InChI=1S/C14H24ClN3/c1-3-13(4-2)18-8-5-12(17-18)9-16-11-14(10-15)6-7-14/h5,8,13,16H,3-4,6-7,9-11H2,1-2H3. The molecule has 18 heavy (non-hydrogen) atoms. The molecule has 0 unspecified atom stereocenters. The molecule has 1 saturated carbocycles. The van der Waals surface area contributed by atoms with E-state index in [1.165, 1.54) is 12.8 Å². The fourth-order valence-electron chi connectivity index (χ4n) is 2.33. The van der Waals surface area contributed by atoms with Gasteiger partial charge in [0, 0.05) is 25.2 Å². The summed E-state index contributed by atoms with van der Waals surface area (Å²) in [6.07, 6.45) is 6.92. The summed E-state index contributed by atoms with van der Waals surface area (Å²) in [5.41, 5.74) is 1.52. The van der Waals surface area contributed by atoms with Crippen LogP contribution in [-0.4, -0.2) is 22.2 Å². The van der Waals surface area contributed by atoms with Gasteiger partial charge in [0.05, 0.1) is 11.7 Å². The molecule has 0 bridgehead atoms. The SMILES string of the molecule is CCC(CC)n1ccc(CNCC2(CCl)CC2)n1. The lowest BCUT2D eigenvalue weighted by atomic mass is 10.1. The van der Waals surface area contributed by atoms with Crippen LogP contribution in [0, 0.1) is 5.41 Å². The average Bonchev–Trinajstić information content (AvgIpc) is 3.03. The Balaban J connectivity index is 1.79. The first kappa shape index (κ1) is 13.9. The molecule has 1 aliphatic rings. The van der Waals surface area contributed by atoms with Crippen LogP contribution in [0.25, 0.3) is 0 Å². The van der Waals surface area contributed by atoms with E-state index < -0.39 is 0 Å². The number of rotatable bonds is 8. The highest BCUT2D eigenvalue weighted by Crippen LogP contribution is 2.45. The number of aromatic nitrogens is 2. The number of hydrogen-bond acceptors (Lipinski definition) is 2. The first-order valence-electron chi connectivity index (χ1n) is 7.03. The van der Waals surface area contributed by atoms with E-state index in [1.54, 1.807) is 0 Å². The van der Waals surface area contributed by atoms with Gasteiger partial charge in [-0.1, -0.05) is 13.8 Å². The molecule has 0 saturated heterocycles. The molecular weight excluding hydrogens is 246 g/mol. The van der Waals surface area contributed by atoms with E-state index in [2.05, 4.69) is 41.2 Å². The van der Waals surface area contributed by atoms with Gasteiger partial charge in [0.2, 0.25) is 0 Å². The van der Waals surface area contributed by atoms with Gasteiger partial charge < -0.3 is 5.32 Å². The molecule has 0 radical (unpaired) electrons. The molecule has 4 heteroatoms. The third kappa shape index (κ3) is 3.27. The van der Waals surface area contributed by atoms with Crippen LogP contribution in [0.3, 0.4) is 0 Å². The number of hydrogen-bond donors (Lipinski definition) is 1. The molecule has 1 aromatic rings. The van der Waals surface area contributed by atoms with Crippen molar-refractivity contribution < 1.29 is 0 Å². The van der Waals surface area contributed by atoms with Gasteiger partial charge in [0.15, 0.2) is 0 Å². The van der Waals surface area contributed by atoms with Gasteiger partial charge in [-0.3, -0.25) is 4.68 Å². The van der Waals surface area contributed by atoms with Gasteiger partial charge in [0.25, 0.3) is 0 Å². The lowest BCUT2D eigenvalue weighted by Crippen LogP contribution is -2.25. The number of alkyl halides is 1. The summed E-state index contributed by atoms with van der Waals surface area (Å²) in [6.45, 7) is 6.30. The summed E-state index contributed by atoms with van der Waals surface area (Å²) < 4.78 is 2.10. The van der Waals surface area contributed by atoms with E-state index in [9.17, 15) is 0 Å². The van der Waals surface area contributed by atoms with E-state index >= 15 is 0 Å². The Morgan fingerprint density at radius 3 is 2.72 bits per heavy atom. The Hall–Kier alpha value is -0.540. The predicted molar refractivity (Wildman–Crippen MR) is 75.9 cm³/mol. The number of halogens is 1. The third-order valence-electron chi connectivity index (χ3n) is 4.03. The second-order valence-electron chi connectivity index (χ2n) is 5.49. The van der Waals surface area contributed by atoms with Crippen molar-refractivity contribution >= 4 is 11.6 Å². The van der Waals surface area contributed by atoms with Crippen LogP contribution in [0.5, 0.6) is 0 Å². The maximum atomic E-state index is 5.96. The van der Waals surface area contributed by atoms with Gasteiger partial charge in [-0.25, -0.2) is 0 Å². The van der Waals surface area contributed by atoms with Gasteiger partial charge in [-0.2, -0.15) is 5.10 Å². The molecule has 2 rings (SSSR count). The van der Waals surface area contributed by atoms with Crippen LogP contribution < -0.4 is 5.32 Å². The summed E-state index contributed by atoms with van der Waals surface area (Å²) in [7, 11) is 0. The second kappa shape index (κ2) is 6.07. The zero-order valence-corrected chi connectivity index (χ0v) is 12.2. The summed E-state index contributed by atoms with van der Waals surface area (Å²) in [5.74, 6) is 0.780. The molecule has 1 heterocycles. The fraction of sp³-hybridized carbons (Fsp3) is 0.786. The van der Waals surface area contributed by atoms with Crippen molar-refractivity contribution in [3.63, 3.8) is 0 Å². The van der Waals surface area contributed by atoms with E-state index in [0.717, 1.165) is 37.5 Å². The summed E-state index contributed by atoms with van der Waals surface area (Å²) in [4.78, 5) is 0. The maximum absolute atomic E-state index is 5.96. The van der Waals surface area contributed by atoms with Crippen LogP contribution in [0.4, 0.5) is 0 Å². The first-order chi connectivity index (χ1) is 8.73. The third-order valence-corrected chi connectivity index (χ3v) is 4.59. The minimum atomic E-state index is 0.388. The highest BCUT2D eigenvalue weighted by atomic mass is 35.5. The van der Waals surface area contributed by atoms with Gasteiger partial charge in [-0.15, -0.1) is 11.6 Å².